The minimum atomic E-state index is 0.415. The summed E-state index contributed by atoms with van der Waals surface area (Å²) in [6.45, 7) is 17.5. The fraction of sp³-hybridized carbons (Fsp3) is 1.00. The van der Waals surface area contributed by atoms with E-state index in [1.807, 2.05) is 0 Å². The molecule has 20 heavy (non-hydrogen) atoms. The number of hydrogen-bond acceptors (Lipinski definition) is 4. The van der Waals surface area contributed by atoms with Crippen molar-refractivity contribution in [2.75, 3.05) is 59.2 Å². The SMILES string of the molecule is CCOCCN(CCOCC)CC1(C(C)C)CCNC1. The maximum Gasteiger partial charge on any atom is 0.0593 e. The van der Waals surface area contributed by atoms with Crippen LogP contribution < -0.4 is 5.32 Å². The number of nitrogens with zero attached hydrogens (tertiary/aromatic N) is 1. The van der Waals surface area contributed by atoms with Crippen molar-refractivity contribution in [3.8, 4) is 0 Å². The molecular formula is C16H34N2O2. The fourth-order valence-electron chi connectivity index (χ4n) is 2.96. The van der Waals surface area contributed by atoms with E-state index in [1.54, 1.807) is 0 Å². The average molecular weight is 286 g/mol. The highest BCUT2D eigenvalue weighted by Crippen LogP contribution is 2.34. The van der Waals surface area contributed by atoms with Crippen molar-refractivity contribution in [1.82, 2.24) is 10.2 Å². The molecule has 0 amide bonds. The van der Waals surface area contributed by atoms with Crippen LogP contribution in [-0.4, -0.2) is 64.1 Å². The molecule has 0 bridgehead atoms. The molecule has 0 aromatic carbocycles. The monoisotopic (exact) mass is 286 g/mol. The number of ether oxygens (including phenoxy) is 2. The molecular weight excluding hydrogens is 252 g/mol. The molecule has 1 fully saturated rings. The summed E-state index contributed by atoms with van der Waals surface area (Å²) < 4.78 is 11.1. The second kappa shape index (κ2) is 9.72. The molecule has 1 N–H and O–H groups in total. The van der Waals surface area contributed by atoms with Crippen LogP contribution in [0.1, 0.15) is 34.1 Å². The van der Waals surface area contributed by atoms with Gasteiger partial charge in [-0.1, -0.05) is 13.8 Å². The van der Waals surface area contributed by atoms with Crippen LogP contribution in [0.3, 0.4) is 0 Å². The van der Waals surface area contributed by atoms with Gasteiger partial charge < -0.3 is 14.8 Å². The van der Waals surface area contributed by atoms with E-state index in [1.165, 1.54) is 6.42 Å². The summed E-state index contributed by atoms with van der Waals surface area (Å²) in [6.07, 6.45) is 1.28. The van der Waals surface area contributed by atoms with Crippen LogP contribution in [0.4, 0.5) is 0 Å². The Bertz CT molecular complexity index is 231. The van der Waals surface area contributed by atoms with Crippen molar-refractivity contribution in [3.63, 3.8) is 0 Å². The van der Waals surface area contributed by atoms with E-state index in [0.29, 0.717) is 11.3 Å². The Morgan fingerprint density at radius 3 is 2.10 bits per heavy atom. The zero-order valence-electron chi connectivity index (χ0n) is 13.9. The lowest BCUT2D eigenvalue weighted by Crippen LogP contribution is -2.45. The molecule has 1 rings (SSSR count). The van der Waals surface area contributed by atoms with E-state index in [2.05, 4.69) is 37.9 Å². The fourth-order valence-corrected chi connectivity index (χ4v) is 2.96. The van der Waals surface area contributed by atoms with Gasteiger partial charge in [0.2, 0.25) is 0 Å². The molecule has 1 saturated heterocycles. The van der Waals surface area contributed by atoms with Gasteiger partial charge in [-0.15, -0.1) is 0 Å². The maximum atomic E-state index is 5.53. The van der Waals surface area contributed by atoms with E-state index in [9.17, 15) is 0 Å². The van der Waals surface area contributed by atoms with Gasteiger partial charge in [0, 0.05) is 39.4 Å². The zero-order valence-corrected chi connectivity index (χ0v) is 13.9. The average Bonchev–Trinajstić information content (AvgIpc) is 2.89. The minimum absolute atomic E-state index is 0.415. The van der Waals surface area contributed by atoms with Crippen molar-refractivity contribution in [2.24, 2.45) is 11.3 Å². The summed E-state index contributed by atoms with van der Waals surface area (Å²) in [6, 6.07) is 0. The summed E-state index contributed by atoms with van der Waals surface area (Å²) >= 11 is 0. The molecule has 1 heterocycles. The highest BCUT2D eigenvalue weighted by Gasteiger charge is 2.38. The normalized spacial score (nSPS) is 23.1. The van der Waals surface area contributed by atoms with Gasteiger partial charge in [0.1, 0.15) is 0 Å². The van der Waals surface area contributed by atoms with Crippen LogP contribution in [0, 0.1) is 11.3 Å². The molecule has 0 saturated carbocycles. The molecule has 0 radical (unpaired) electrons. The summed E-state index contributed by atoms with van der Waals surface area (Å²) in [5, 5.41) is 3.55. The van der Waals surface area contributed by atoms with Crippen molar-refractivity contribution in [2.45, 2.75) is 34.1 Å². The van der Waals surface area contributed by atoms with Gasteiger partial charge in [0.05, 0.1) is 13.2 Å². The van der Waals surface area contributed by atoms with Crippen LogP contribution in [0.2, 0.25) is 0 Å². The lowest BCUT2D eigenvalue weighted by atomic mass is 9.76. The van der Waals surface area contributed by atoms with Gasteiger partial charge in [-0.3, -0.25) is 4.90 Å². The Labute approximate surface area is 125 Å². The standard InChI is InChI=1S/C16H34N2O2/c1-5-19-11-9-18(10-12-20-6-2)14-16(15(3)4)7-8-17-13-16/h15,17H,5-14H2,1-4H3. The molecule has 1 aliphatic heterocycles. The van der Waals surface area contributed by atoms with Crippen molar-refractivity contribution >= 4 is 0 Å². The first kappa shape index (κ1) is 17.9. The Balaban J connectivity index is 2.51. The summed E-state index contributed by atoms with van der Waals surface area (Å²) in [5.74, 6) is 0.708. The quantitative estimate of drug-likeness (QED) is 0.589. The first-order valence-corrected chi connectivity index (χ1v) is 8.23. The smallest absolute Gasteiger partial charge is 0.0593 e. The van der Waals surface area contributed by atoms with E-state index in [4.69, 9.17) is 9.47 Å². The highest BCUT2D eigenvalue weighted by atomic mass is 16.5. The van der Waals surface area contributed by atoms with Crippen LogP contribution >= 0.6 is 0 Å². The van der Waals surface area contributed by atoms with Gasteiger partial charge in [-0.05, 0) is 38.1 Å². The number of nitrogens with one attached hydrogen (secondary N) is 1. The third-order valence-corrected chi connectivity index (χ3v) is 4.55. The lowest BCUT2D eigenvalue weighted by Gasteiger charge is -2.38. The lowest BCUT2D eigenvalue weighted by molar-refractivity contribution is 0.0497. The predicted molar refractivity (Wildman–Crippen MR) is 84.2 cm³/mol. The van der Waals surface area contributed by atoms with Crippen LogP contribution in [0.5, 0.6) is 0 Å². The van der Waals surface area contributed by atoms with Crippen molar-refractivity contribution < 1.29 is 9.47 Å². The second-order valence-electron chi connectivity index (χ2n) is 6.11. The van der Waals surface area contributed by atoms with Gasteiger partial charge in [0.25, 0.3) is 0 Å². The van der Waals surface area contributed by atoms with Gasteiger partial charge >= 0.3 is 0 Å². The minimum Gasteiger partial charge on any atom is -0.380 e. The third kappa shape index (κ3) is 5.68. The first-order chi connectivity index (χ1) is 9.64. The van der Waals surface area contributed by atoms with Crippen LogP contribution in [-0.2, 0) is 9.47 Å². The Morgan fingerprint density at radius 2 is 1.70 bits per heavy atom. The van der Waals surface area contributed by atoms with Crippen LogP contribution in [0.25, 0.3) is 0 Å². The maximum absolute atomic E-state index is 5.53. The van der Waals surface area contributed by atoms with Gasteiger partial charge in [-0.2, -0.15) is 0 Å². The Kier molecular flexibility index (Phi) is 8.69. The molecule has 4 heteroatoms. The molecule has 120 valence electrons. The van der Waals surface area contributed by atoms with E-state index in [0.717, 1.165) is 59.2 Å². The molecule has 4 nitrogen and oxygen atoms in total. The zero-order chi connectivity index (χ0) is 14.8. The van der Waals surface area contributed by atoms with E-state index < -0.39 is 0 Å². The van der Waals surface area contributed by atoms with E-state index in [-0.39, 0.29) is 0 Å². The van der Waals surface area contributed by atoms with Gasteiger partial charge in [-0.25, -0.2) is 0 Å². The molecule has 1 atom stereocenters. The molecule has 0 spiro atoms. The number of hydrogen-bond donors (Lipinski definition) is 1. The molecule has 0 aromatic rings. The molecule has 1 aliphatic rings. The first-order valence-electron chi connectivity index (χ1n) is 8.23. The highest BCUT2D eigenvalue weighted by molar-refractivity contribution is 4.92. The summed E-state index contributed by atoms with van der Waals surface area (Å²) in [5.41, 5.74) is 0.415. The number of rotatable bonds is 11. The molecule has 0 aliphatic carbocycles. The topological polar surface area (TPSA) is 33.7 Å². The second-order valence-corrected chi connectivity index (χ2v) is 6.11. The third-order valence-electron chi connectivity index (χ3n) is 4.55. The van der Waals surface area contributed by atoms with E-state index >= 15 is 0 Å². The van der Waals surface area contributed by atoms with Crippen molar-refractivity contribution in [3.05, 3.63) is 0 Å². The Hall–Kier alpha value is -0.160. The largest absolute Gasteiger partial charge is 0.380 e. The molecule has 1 unspecified atom stereocenters. The van der Waals surface area contributed by atoms with Gasteiger partial charge in [0.15, 0.2) is 0 Å². The summed E-state index contributed by atoms with van der Waals surface area (Å²) in [4.78, 5) is 2.53. The predicted octanol–water partition coefficient (Wildman–Crippen LogP) is 2.00. The van der Waals surface area contributed by atoms with Crippen molar-refractivity contribution in [1.29, 1.82) is 0 Å². The molecule has 0 aromatic heterocycles. The Morgan fingerprint density at radius 1 is 1.10 bits per heavy atom. The summed E-state index contributed by atoms with van der Waals surface area (Å²) in [7, 11) is 0. The van der Waals surface area contributed by atoms with Crippen LogP contribution in [0.15, 0.2) is 0 Å².